The van der Waals surface area contributed by atoms with Gasteiger partial charge in [-0.1, -0.05) is 31.2 Å². The van der Waals surface area contributed by atoms with Gasteiger partial charge in [-0.15, -0.1) is 0 Å². The predicted molar refractivity (Wildman–Crippen MR) is 65.2 cm³/mol. The molecule has 0 radical (unpaired) electrons. The third-order valence-corrected chi connectivity index (χ3v) is 4.65. The molecular weight excluding hydrogens is 196 g/mol. The predicted octanol–water partition coefficient (Wildman–Crippen LogP) is 3.26. The first kappa shape index (κ1) is 10.3. The molecule has 0 heterocycles. The molecule has 1 aromatic carbocycles. The fourth-order valence-corrected chi connectivity index (χ4v) is 3.71. The summed E-state index contributed by atoms with van der Waals surface area (Å²) in [7, 11) is 0. The Balaban J connectivity index is 1.96. The highest BCUT2D eigenvalue weighted by Crippen LogP contribution is 2.55. The minimum Gasteiger partial charge on any atom is -0.385 e. The van der Waals surface area contributed by atoms with Gasteiger partial charge in [0.15, 0.2) is 0 Å². The second-order valence-corrected chi connectivity index (χ2v) is 5.56. The second kappa shape index (κ2) is 3.59. The molecule has 0 spiro atoms. The zero-order valence-corrected chi connectivity index (χ0v) is 9.95. The number of benzene rings is 1. The van der Waals surface area contributed by atoms with Crippen LogP contribution in [0.3, 0.4) is 0 Å². The molecule has 3 rings (SSSR count). The van der Waals surface area contributed by atoms with Crippen molar-refractivity contribution in [1.29, 1.82) is 0 Å². The highest BCUT2D eigenvalue weighted by Gasteiger charge is 2.50. The van der Waals surface area contributed by atoms with Gasteiger partial charge >= 0.3 is 0 Å². The number of rotatable bonds is 2. The molecule has 1 nitrogen and oxygen atoms in total. The van der Waals surface area contributed by atoms with Crippen LogP contribution in [0.25, 0.3) is 0 Å². The summed E-state index contributed by atoms with van der Waals surface area (Å²) in [6.07, 6.45) is 5.84. The van der Waals surface area contributed by atoms with Crippen LogP contribution in [0, 0.1) is 11.8 Å². The van der Waals surface area contributed by atoms with E-state index in [1.165, 1.54) is 30.4 Å². The van der Waals surface area contributed by atoms with Gasteiger partial charge in [0.1, 0.15) is 0 Å². The first-order chi connectivity index (χ1) is 7.72. The number of hydrogen-bond donors (Lipinski definition) is 1. The van der Waals surface area contributed by atoms with Gasteiger partial charge in [-0.25, -0.2) is 0 Å². The van der Waals surface area contributed by atoms with Crippen LogP contribution in [-0.2, 0) is 12.0 Å². The Hall–Kier alpha value is -0.820. The van der Waals surface area contributed by atoms with Crippen molar-refractivity contribution < 1.29 is 5.11 Å². The minimum atomic E-state index is -0.506. The molecule has 16 heavy (non-hydrogen) atoms. The zero-order valence-electron chi connectivity index (χ0n) is 9.95. The molecular formula is C15H20O. The lowest BCUT2D eigenvalue weighted by molar-refractivity contribution is -0.0183. The molecule has 0 aromatic heterocycles. The SMILES string of the molecule is CCc1cccc(C2(O)CC3CCC2C3)c1. The van der Waals surface area contributed by atoms with E-state index < -0.39 is 5.60 Å². The van der Waals surface area contributed by atoms with E-state index in [1.807, 2.05) is 0 Å². The van der Waals surface area contributed by atoms with Gasteiger partial charge < -0.3 is 5.11 Å². The number of hydrogen-bond acceptors (Lipinski definition) is 1. The van der Waals surface area contributed by atoms with E-state index >= 15 is 0 Å². The second-order valence-electron chi connectivity index (χ2n) is 5.56. The Kier molecular flexibility index (Phi) is 2.32. The van der Waals surface area contributed by atoms with Crippen LogP contribution in [0.1, 0.15) is 43.7 Å². The smallest absolute Gasteiger partial charge is 0.0927 e. The first-order valence-electron chi connectivity index (χ1n) is 6.54. The van der Waals surface area contributed by atoms with Crippen molar-refractivity contribution in [2.45, 2.75) is 44.6 Å². The summed E-state index contributed by atoms with van der Waals surface area (Å²) in [5, 5.41) is 10.9. The summed E-state index contributed by atoms with van der Waals surface area (Å²) < 4.78 is 0. The van der Waals surface area contributed by atoms with Crippen molar-refractivity contribution in [1.82, 2.24) is 0 Å². The number of aliphatic hydroxyl groups is 1. The van der Waals surface area contributed by atoms with Crippen molar-refractivity contribution in [2.24, 2.45) is 11.8 Å². The maximum absolute atomic E-state index is 10.9. The Morgan fingerprint density at radius 1 is 1.38 bits per heavy atom. The van der Waals surface area contributed by atoms with Crippen LogP contribution in [0.4, 0.5) is 0 Å². The van der Waals surface area contributed by atoms with E-state index in [0.717, 1.165) is 18.8 Å². The maximum atomic E-state index is 10.9. The summed E-state index contributed by atoms with van der Waals surface area (Å²) >= 11 is 0. The van der Waals surface area contributed by atoms with Crippen molar-refractivity contribution in [3.05, 3.63) is 35.4 Å². The fourth-order valence-electron chi connectivity index (χ4n) is 3.71. The summed E-state index contributed by atoms with van der Waals surface area (Å²) in [4.78, 5) is 0. The summed E-state index contributed by atoms with van der Waals surface area (Å²) in [5.74, 6) is 1.30. The molecule has 0 amide bonds. The molecule has 1 heteroatoms. The van der Waals surface area contributed by atoms with Crippen molar-refractivity contribution in [3.8, 4) is 0 Å². The van der Waals surface area contributed by atoms with Crippen LogP contribution in [0.15, 0.2) is 24.3 Å². The molecule has 3 unspecified atom stereocenters. The Morgan fingerprint density at radius 2 is 2.25 bits per heavy atom. The molecule has 2 bridgehead atoms. The first-order valence-corrected chi connectivity index (χ1v) is 6.54. The molecule has 2 fully saturated rings. The van der Waals surface area contributed by atoms with Gasteiger partial charge in [0, 0.05) is 0 Å². The van der Waals surface area contributed by atoms with Crippen molar-refractivity contribution >= 4 is 0 Å². The van der Waals surface area contributed by atoms with Gasteiger partial charge in [-0.05, 0) is 55.1 Å². The largest absolute Gasteiger partial charge is 0.385 e. The van der Waals surface area contributed by atoms with Gasteiger partial charge in [-0.2, -0.15) is 0 Å². The summed E-state index contributed by atoms with van der Waals surface area (Å²) in [6, 6.07) is 8.57. The van der Waals surface area contributed by atoms with E-state index in [4.69, 9.17) is 0 Å². The lowest BCUT2D eigenvalue weighted by atomic mass is 9.78. The molecule has 1 N–H and O–H groups in total. The molecule has 86 valence electrons. The monoisotopic (exact) mass is 216 g/mol. The van der Waals surface area contributed by atoms with Crippen molar-refractivity contribution in [2.75, 3.05) is 0 Å². The van der Waals surface area contributed by atoms with Gasteiger partial charge in [0.25, 0.3) is 0 Å². The Labute approximate surface area is 97.5 Å². The van der Waals surface area contributed by atoms with Crippen LogP contribution >= 0.6 is 0 Å². The molecule has 2 aliphatic rings. The molecule has 0 saturated heterocycles. The number of fused-ring (bicyclic) bond motifs is 2. The normalized spacial score (nSPS) is 36.9. The van der Waals surface area contributed by atoms with E-state index in [9.17, 15) is 5.11 Å². The van der Waals surface area contributed by atoms with E-state index in [0.29, 0.717) is 5.92 Å². The highest BCUT2D eigenvalue weighted by atomic mass is 16.3. The van der Waals surface area contributed by atoms with Gasteiger partial charge in [0.05, 0.1) is 5.60 Å². The fraction of sp³-hybridized carbons (Fsp3) is 0.600. The maximum Gasteiger partial charge on any atom is 0.0927 e. The van der Waals surface area contributed by atoms with E-state index in [1.54, 1.807) is 0 Å². The van der Waals surface area contributed by atoms with Crippen LogP contribution < -0.4 is 0 Å². The van der Waals surface area contributed by atoms with Crippen molar-refractivity contribution in [3.63, 3.8) is 0 Å². The molecule has 2 aliphatic carbocycles. The minimum absolute atomic E-state index is 0.506. The topological polar surface area (TPSA) is 20.2 Å². The van der Waals surface area contributed by atoms with E-state index in [2.05, 4.69) is 31.2 Å². The summed E-state index contributed by atoms with van der Waals surface area (Å²) in [6.45, 7) is 2.17. The zero-order chi connectivity index (χ0) is 11.2. The highest BCUT2D eigenvalue weighted by molar-refractivity contribution is 5.31. The lowest BCUT2D eigenvalue weighted by Crippen LogP contribution is -2.32. The van der Waals surface area contributed by atoms with Gasteiger partial charge in [-0.3, -0.25) is 0 Å². The third-order valence-electron chi connectivity index (χ3n) is 4.65. The lowest BCUT2D eigenvalue weighted by Gasteiger charge is -2.33. The van der Waals surface area contributed by atoms with Gasteiger partial charge in [0.2, 0.25) is 0 Å². The molecule has 2 saturated carbocycles. The summed E-state index contributed by atoms with van der Waals surface area (Å²) in [5.41, 5.74) is 2.00. The third kappa shape index (κ3) is 1.41. The van der Waals surface area contributed by atoms with E-state index in [-0.39, 0.29) is 0 Å². The molecule has 3 atom stereocenters. The number of aryl methyl sites for hydroxylation is 1. The van der Waals surface area contributed by atoms with Crippen LogP contribution in [0.5, 0.6) is 0 Å². The van der Waals surface area contributed by atoms with Crippen LogP contribution in [0.2, 0.25) is 0 Å². The Bertz CT molecular complexity index is 398. The average molecular weight is 216 g/mol. The quantitative estimate of drug-likeness (QED) is 0.804. The molecule has 1 aromatic rings. The molecule has 0 aliphatic heterocycles. The standard InChI is InChI=1S/C15H20O/c1-2-11-4-3-5-13(8-11)15(16)10-12-6-7-14(15)9-12/h3-5,8,12,14,16H,2,6-7,9-10H2,1H3. The Morgan fingerprint density at radius 3 is 2.88 bits per heavy atom. The van der Waals surface area contributed by atoms with Crippen LogP contribution in [-0.4, -0.2) is 5.11 Å². The average Bonchev–Trinajstić information content (AvgIpc) is 2.89.